The second-order valence-electron chi connectivity index (χ2n) is 2.11. The number of aryl methyl sites for hydroxylation is 1. The fraction of sp³-hybridized carbons (Fsp3) is 0.400. The average molecular weight is 176 g/mol. The van der Waals surface area contributed by atoms with E-state index in [0.29, 0.717) is 5.69 Å². The second kappa shape index (κ2) is 2.50. The van der Waals surface area contributed by atoms with E-state index in [1.54, 1.807) is 6.92 Å². The van der Waals surface area contributed by atoms with Crippen LogP contribution >= 0.6 is 11.6 Å². The lowest BCUT2D eigenvalue weighted by molar-refractivity contribution is -0.392. The number of halogens is 1. The number of hydrogen-bond acceptors (Lipinski definition) is 3. The quantitative estimate of drug-likeness (QED) is 0.477. The van der Waals surface area contributed by atoms with Gasteiger partial charge in [0, 0.05) is 0 Å². The number of aromatic nitrogens is 2. The van der Waals surface area contributed by atoms with E-state index in [1.165, 1.54) is 11.6 Å². The van der Waals surface area contributed by atoms with E-state index < -0.39 is 4.92 Å². The summed E-state index contributed by atoms with van der Waals surface area (Å²) in [5, 5.41) is 10.5. The highest BCUT2D eigenvalue weighted by atomic mass is 35.5. The average Bonchev–Trinajstić information content (AvgIpc) is 2.07. The Morgan fingerprint density at radius 1 is 1.73 bits per heavy atom. The van der Waals surface area contributed by atoms with Crippen LogP contribution in [-0.4, -0.2) is 14.5 Å². The van der Waals surface area contributed by atoms with Crippen LogP contribution in [0.25, 0.3) is 0 Å². The molecule has 0 spiro atoms. The number of hydrogen-bond donors (Lipinski definition) is 0. The maximum atomic E-state index is 10.3. The molecule has 0 aliphatic carbocycles. The van der Waals surface area contributed by atoms with Crippen molar-refractivity contribution >= 4 is 17.4 Å². The number of rotatable bonds is 1. The number of nitrogens with zero attached hydrogens (tertiary/aromatic N) is 3. The summed E-state index contributed by atoms with van der Waals surface area (Å²) in [6.45, 7) is 1.55. The number of imidazole rings is 1. The van der Waals surface area contributed by atoms with Gasteiger partial charge in [-0.3, -0.25) is 0 Å². The Morgan fingerprint density at radius 2 is 2.27 bits per heavy atom. The molecule has 0 bridgehead atoms. The van der Waals surface area contributed by atoms with Gasteiger partial charge < -0.3 is 10.1 Å². The minimum Gasteiger partial charge on any atom is -0.358 e. The molecule has 0 fully saturated rings. The zero-order chi connectivity index (χ0) is 8.59. The molecule has 0 N–H and O–H groups in total. The molecular formula is C5H6ClN3O2. The smallest absolute Gasteiger partial charge is 0.346 e. The predicted molar refractivity (Wildman–Crippen MR) is 39.6 cm³/mol. The highest BCUT2D eigenvalue weighted by molar-refractivity contribution is 6.28. The van der Waals surface area contributed by atoms with E-state index >= 15 is 0 Å². The third-order valence-corrected chi connectivity index (χ3v) is 1.69. The monoisotopic (exact) mass is 175 g/mol. The van der Waals surface area contributed by atoms with E-state index in [-0.39, 0.29) is 11.1 Å². The first-order valence-electron chi connectivity index (χ1n) is 2.87. The van der Waals surface area contributed by atoms with E-state index in [2.05, 4.69) is 4.98 Å². The van der Waals surface area contributed by atoms with Crippen LogP contribution in [0.2, 0.25) is 5.28 Å². The molecule has 1 aromatic heterocycles. The molecule has 1 heterocycles. The zero-order valence-corrected chi connectivity index (χ0v) is 6.79. The van der Waals surface area contributed by atoms with Crippen LogP contribution < -0.4 is 0 Å². The van der Waals surface area contributed by atoms with Crippen molar-refractivity contribution in [2.45, 2.75) is 6.92 Å². The lowest BCUT2D eigenvalue weighted by Crippen LogP contribution is -1.97. The summed E-state index contributed by atoms with van der Waals surface area (Å²) >= 11 is 5.53. The van der Waals surface area contributed by atoms with E-state index in [4.69, 9.17) is 11.6 Å². The van der Waals surface area contributed by atoms with Gasteiger partial charge in [-0.15, -0.1) is 0 Å². The second-order valence-corrected chi connectivity index (χ2v) is 2.44. The summed E-state index contributed by atoms with van der Waals surface area (Å²) in [4.78, 5) is 13.6. The summed E-state index contributed by atoms with van der Waals surface area (Å²) in [7, 11) is 1.50. The molecule has 60 valence electrons. The normalized spacial score (nSPS) is 10.1. The van der Waals surface area contributed by atoms with Crippen LogP contribution in [0, 0.1) is 17.0 Å². The first kappa shape index (κ1) is 8.00. The van der Waals surface area contributed by atoms with Crippen molar-refractivity contribution in [3.63, 3.8) is 0 Å². The highest BCUT2D eigenvalue weighted by Crippen LogP contribution is 2.20. The van der Waals surface area contributed by atoms with Gasteiger partial charge in [-0.1, -0.05) is 0 Å². The number of nitro groups is 1. The predicted octanol–water partition coefficient (Wildman–Crippen LogP) is 1.29. The van der Waals surface area contributed by atoms with E-state index in [0.717, 1.165) is 0 Å². The molecule has 11 heavy (non-hydrogen) atoms. The molecule has 6 heteroatoms. The lowest BCUT2D eigenvalue weighted by atomic mass is 10.5. The molecule has 0 atom stereocenters. The summed E-state index contributed by atoms with van der Waals surface area (Å²) in [5.41, 5.74) is 0.336. The van der Waals surface area contributed by atoms with Gasteiger partial charge in [0.1, 0.15) is 5.69 Å². The maximum absolute atomic E-state index is 10.3. The van der Waals surface area contributed by atoms with Gasteiger partial charge in [-0.2, -0.15) is 9.55 Å². The molecule has 1 aromatic rings. The van der Waals surface area contributed by atoms with E-state index in [1.807, 2.05) is 0 Å². The van der Waals surface area contributed by atoms with Gasteiger partial charge in [-0.05, 0) is 23.4 Å². The van der Waals surface area contributed by atoms with Crippen molar-refractivity contribution in [2.24, 2.45) is 7.05 Å². The summed E-state index contributed by atoms with van der Waals surface area (Å²) in [6, 6.07) is 0. The van der Waals surface area contributed by atoms with Crippen molar-refractivity contribution in [1.82, 2.24) is 9.55 Å². The molecule has 0 aromatic carbocycles. The molecular weight excluding hydrogens is 170 g/mol. The largest absolute Gasteiger partial charge is 0.358 e. The van der Waals surface area contributed by atoms with Gasteiger partial charge in [0.05, 0.1) is 7.05 Å². The molecule has 0 saturated heterocycles. The summed E-state index contributed by atoms with van der Waals surface area (Å²) in [6.07, 6.45) is 0. The molecule has 1 rings (SSSR count). The Hall–Kier alpha value is -1.10. The van der Waals surface area contributed by atoms with Gasteiger partial charge in [0.2, 0.25) is 0 Å². The Bertz CT molecular complexity index is 307. The van der Waals surface area contributed by atoms with Crippen molar-refractivity contribution in [3.05, 3.63) is 21.1 Å². The summed E-state index contributed by atoms with van der Waals surface area (Å²) < 4.78 is 1.23. The zero-order valence-electron chi connectivity index (χ0n) is 6.04. The van der Waals surface area contributed by atoms with Crippen LogP contribution in [0.3, 0.4) is 0 Å². The van der Waals surface area contributed by atoms with Crippen molar-refractivity contribution in [2.75, 3.05) is 0 Å². The Kier molecular flexibility index (Phi) is 1.82. The fourth-order valence-electron chi connectivity index (χ4n) is 0.848. The van der Waals surface area contributed by atoms with Crippen LogP contribution in [0.5, 0.6) is 0 Å². The van der Waals surface area contributed by atoms with Crippen molar-refractivity contribution in [1.29, 1.82) is 0 Å². The Morgan fingerprint density at radius 3 is 2.45 bits per heavy atom. The van der Waals surface area contributed by atoms with Crippen molar-refractivity contribution < 1.29 is 4.92 Å². The standard InChI is InChI=1S/C5H6ClN3O2/c1-3-4(9(10)11)8(2)5(6)7-3/h1-2H3. The molecule has 0 aliphatic rings. The first-order chi connectivity index (χ1) is 5.04. The molecule has 0 radical (unpaired) electrons. The highest BCUT2D eigenvalue weighted by Gasteiger charge is 2.19. The molecule has 0 amide bonds. The third kappa shape index (κ3) is 1.19. The Balaban J connectivity index is 3.34. The van der Waals surface area contributed by atoms with Crippen LogP contribution in [0.4, 0.5) is 5.82 Å². The van der Waals surface area contributed by atoms with Gasteiger partial charge in [0.25, 0.3) is 5.28 Å². The van der Waals surface area contributed by atoms with Crippen LogP contribution in [0.15, 0.2) is 0 Å². The minimum absolute atomic E-state index is 0.0602. The Labute approximate surface area is 67.8 Å². The van der Waals surface area contributed by atoms with Gasteiger partial charge in [0.15, 0.2) is 0 Å². The first-order valence-corrected chi connectivity index (χ1v) is 3.25. The molecule has 5 nitrogen and oxygen atoms in total. The fourth-order valence-corrected chi connectivity index (χ4v) is 1.05. The molecule has 0 aliphatic heterocycles. The molecule has 0 saturated carbocycles. The summed E-state index contributed by atoms with van der Waals surface area (Å²) in [5.74, 6) is -0.0602. The van der Waals surface area contributed by atoms with Crippen molar-refractivity contribution in [3.8, 4) is 0 Å². The maximum Gasteiger partial charge on any atom is 0.346 e. The molecule has 0 unspecified atom stereocenters. The van der Waals surface area contributed by atoms with Crippen LogP contribution in [-0.2, 0) is 7.05 Å². The van der Waals surface area contributed by atoms with Crippen LogP contribution in [0.1, 0.15) is 5.69 Å². The SMILES string of the molecule is Cc1nc(Cl)n(C)c1[N+](=O)[O-]. The minimum atomic E-state index is -0.506. The third-order valence-electron chi connectivity index (χ3n) is 1.35. The topological polar surface area (TPSA) is 61.0 Å². The van der Waals surface area contributed by atoms with Gasteiger partial charge >= 0.3 is 5.82 Å². The van der Waals surface area contributed by atoms with E-state index in [9.17, 15) is 10.1 Å². The lowest BCUT2D eigenvalue weighted by Gasteiger charge is -1.93. The van der Waals surface area contributed by atoms with Gasteiger partial charge in [-0.25, -0.2) is 0 Å².